The van der Waals surface area contributed by atoms with Crippen molar-refractivity contribution in [3.05, 3.63) is 28.8 Å². The first-order valence-corrected chi connectivity index (χ1v) is 13.0. The molecule has 182 valence electrons. The van der Waals surface area contributed by atoms with Gasteiger partial charge >= 0.3 is 11.9 Å². The molecule has 0 aliphatic heterocycles. The predicted molar refractivity (Wildman–Crippen MR) is 132 cm³/mol. The lowest BCUT2D eigenvalue weighted by molar-refractivity contribution is -0.144. The van der Waals surface area contributed by atoms with Crippen molar-refractivity contribution in [1.82, 2.24) is 0 Å². The van der Waals surface area contributed by atoms with Crippen molar-refractivity contribution < 1.29 is 19.1 Å². The number of benzene rings is 1. The summed E-state index contributed by atoms with van der Waals surface area (Å²) in [4.78, 5) is 23.7. The van der Waals surface area contributed by atoms with Gasteiger partial charge in [-0.1, -0.05) is 89.2 Å². The number of esters is 2. The van der Waals surface area contributed by atoms with Crippen molar-refractivity contribution in [1.29, 1.82) is 0 Å². The molecule has 1 aromatic rings. The van der Waals surface area contributed by atoms with E-state index in [4.69, 9.17) is 21.1 Å². The summed E-state index contributed by atoms with van der Waals surface area (Å²) >= 11 is 5.98. The van der Waals surface area contributed by atoms with E-state index in [0.717, 1.165) is 56.9 Å². The number of rotatable bonds is 19. The molecule has 0 saturated carbocycles. The number of aryl methyl sites for hydroxylation is 1. The van der Waals surface area contributed by atoms with Crippen LogP contribution in [-0.2, 0) is 14.3 Å². The molecule has 0 spiro atoms. The topological polar surface area (TPSA) is 52.6 Å². The standard InChI is InChI=1S/C27H43ClO4/c1-3-4-5-6-7-10-13-16-21-31-26(29)17-14-11-8-9-12-15-18-27(30)32-24-19-20-25(28)23(2)22-24/h19-20,22H,3-18,21H2,1-2H3. The molecule has 0 aliphatic rings. The number of unbranched alkanes of at least 4 members (excludes halogenated alkanes) is 12. The molecule has 0 N–H and O–H groups in total. The zero-order chi connectivity index (χ0) is 23.4. The first-order valence-electron chi connectivity index (χ1n) is 12.7. The average molecular weight is 467 g/mol. The summed E-state index contributed by atoms with van der Waals surface area (Å²) < 4.78 is 10.7. The maximum atomic E-state index is 11.9. The summed E-state index contributed by atoms with van der Waals surface area (Å²) in [7, 11) is 0. The van der Waals surface area contributed by atoms with E-state index in [1.165, 1.54) is 38.5 Å². The second kappa shape index (κ2) is 19.0. The fourth-order valence-electron chi connectivity index (χ4n) is 3.60. The van der Waals surface area contributed by atoms with Crippen LogP contribution in [0.5, 0.6) is 5.75 Å². The van der Waals surface area contributed by atoms with Gasteiger partial charge in [0.1, 0.15) is 5.75 Å². The fraction of sp³-hybridized carbons (Fsp3) is 0.704. The molecule has 1 aromatic carbocycles. The Morgan fingerprint density at radius 3 is 1.88 bits per heavy atom. The van der Waals surface area contributed by atoms with Crippen molar-refractivity contribution in [3.63, 3.8) is 0 Å². The van der Waals surface area contributed by atoms with Crippen LogP contribution in [-0.4, -0.2) is 18.5 Å². The lowest BCUT2D eigenvalue weighted by Crippen LogP contribution is -2.07. The van der Waals surface area contributed by atoms with E-state index in [2.05, 4.69) is 6.92 Å². The SMILES string of the molecule is CCCCCCCCCCOC(=O)CCCCCCCCC(=O)Oc1ccc(Cl)c(C)c1. The molecular formula is C27H43ClO4. The van der Waals surface area contributed by atoms with E-state index in [1.54, 1.807) is 18.2 Å². The highest BCUT2D eigenvalue weighted by Gasteiger charge is 2.07. The van der Waals surface area contributed by atoms with Crippen LogP contribution in [0.2, 0.25) is 5.02 Å². The number of hydrogen-bond acceptors (Lipinski definition) is 4. The minimum atomic E-state index is -0.203. The van der Waals surface area contributed by atoms with Crippen LogP contribution in [0.4, 0.5) is 0 Å². The number of halogens is 1. The largest absolute Gasteiger partial charge is 0.466 e. The van der Waals surface area contributed by atoms with Gasteiger partial charge in [-0.25, -0.2) is 0 Å². The first-order chi connectivity index (χ1) is 15.5. The van der Waals surface area contributed by atoms with Crippen LogP contribution in [0.25, 0.3) is 0 Å². The van der Waals surface area contributed by atoms with Gasteiger partial charge in [0.25, 0.3) is 0 Å². The van der Waals surface area contributed by atoms with E-state index >= 15 is 0 Å². The average Bonchev–Trinajstić information content (AvgIpc) is 2.77. The van der Waals surface area contributed by atoms with E-state index in [-0.39, 0.29) is 11.9 Å². The highest BCUT2D eigenvalue weighted by atomic mass is 35.5. The number of ether oxygens (including phenoxy) is 2. The summed E-state index contributed by atoms with van der Waals surface area (Å²) in [6.07, 6.45) is 16.8. The Labute approximate surface area is 200 Å². The van der Waals surface area contributed by atoms with Gasteiger partial charge in [-0.2, -0.15) is 0 Å². The lowest BCUT2D eigenvalue weighted by atomic mass is 10.1. The van der Waals surface area contributed by atoms with Gasteiger partial charge in [-0.3, -0.25) is 9.59 Å². The Morgan fingerprint density at radius 1 is 0.750 bits per heavy atom. The normalized spacial score (nSPS) is 10.8. The smallest absolute Gasteiger partial charge is 0.311 e. The van der Waals surface area contributed by atoms with E-state index in [0.29, 0.717) is 30.2 Å². The molecule has 0 saturated heterocycles. The van der Waals surface area contributed by atoms with Gasteiger partial charge in [0.15, 0.2) is 0 Å². The number of carbonyl (C=O) groups excluding carboxylic acids is 2. The molecule has 1 rings (SSSR count). The lowest BCUT2D eigenvalue weighted by Gasteiger charge is -2.06. The number of hydrogen-bond donors (Lipinski definition) is 0. The third kappa shape index (κ3) is 15.3. The molecule has 0 fully saturated rings. The van der Waals surface area contributed by atoms with E-state index in [1.807, 2.05) is 6.92 Å². The van der Waals surface area contributed by atoms with Gasteiger partial charge in [-0.05, 0) is 49.9 Å². The minimum Gasteiger partial charge on any atom is -0.466 e. The molecule has 0 aromatic heterocycles. The van der Waals surface area contributed by atoms with Gasteiger partial charge in [0.2, 0.25) is 0 Å². The van der Waals surface area contributed by atoms with Gasteiger partial charge in [-0.15, -0.1) is 0 Å². The highest BCUT2D eigenvalue weighted by Crippen LogP contribution is 2.21. The Kier molecular flexibility index (Phi) is 16.9. The van der Waals surface area contributed by atoms with Crippen molar-refractivity contribution in [2.24, 2.45) is 0 Å². The quantitative estimate of drug-likeness (QED) is 0.117. The van der Waals surface area contributed by atoms with Gasteiger partial charge in [0.05, 0.1) is 6.61 Å². The van der Waals surface area contributed by atoms with Crippen molar-refractivity contribution in [2.45, 2.75) is 117 Å². The van der Waals surface area contributed by atoms with E-state index in [9.17, 15) is 9.59 Å². The second-order valence-corrected chi connectivity index (χ2v) is 9.11. The molecule has 0 unspecified atom stereocenters. The van der Waals surface area contributed by atoms with Gasteiger partial charge < -0.3 is 9.47 Å². The van der Waals surface area contributed by atoms with Crippen LogP contribution in [0.1, 0.15) is 115 Å². The monoisotopic (exact) mass is 466 g/mol. The van der Waals surface area contributed by atoms with Crippen LogP contribution in [0.15, 0.2) is 18.2 Å². The molecule has 0 bridgehead atoms. The third-order valence-electron chi connectivity index (χ3n) is 5.63. The molecule has 32 heavy (non-hydrogen) atoms. The predicted octanol–water partition coefficient (Wildman–Crippen LogP) is 8.36. The molecule has 4 nitrogen and oxygen atoms in total. The van der Waals surface area contributed by atoms with E-state index < -0.39 is 0 Å². The summed E-state index contributed by atoms with van der Waals surface area (Å²) in [6, 6.07) is 5.24. The van der Waals surface area contributed by atoms with Crippen molar-refractivity contribution in [3.8, 4) is 5.75 Å². The maximum Gasteiger partial charge on any atom is 0.311 e. The van der Waals surface area contributed by atoms with Gasteiger partial charge in [0, 0.05) is 17.9 Å². The summed E-state index contributed by atoms with van der Waals surface area (Å²) in [5, 5.41) is 0.668. The molecule has 0 atom stereocenters. The Bertz CT molecular complexity index is 645. The van der Waals surface area contributed by atoms with Crippen molar-refractivity contribution in [2.75, 3.05) is 6.61 Å². The van der Waals surface area contributed by atoms with Crippen molar-refractivity contribution >= 4 is 23.5 Å². The Balaban J connectivity index is 1.88. The maximum absolute atomic E-state index is 11.9. The molecule has 0 aliphatic carbocycles. The molecule has 5 heteroatoms. The van der Waals surface area contributed by atoms with Crippen LogP contribution < -0.4 is 4.74 Å². The number of carbonyl (C=O) groups is 2. The first kappa shape index (κ1) is 28.5. The fourth-order valence-corrected chi connectivity index (χ4v) is 3.72. The summed E-state index contributed by atoms with van der Waals surface area (Å²) in [5.74, 6) is 0.283. The molecule has 0 radical (unpaired) electrons. The van der Waals surface area contributed by atoms with Crippen LogP contribution in [0.3, 0.4) is 0 Å². The Morgan fingerprint density at radius 2 is 1.28 bits per heavy atom. The minimum absolute atomic E-state index is 0.0619. The van der Waals surface area contributed by atoms with Crippen LogP contribution in [0, 0.1) is 6.92 Å². The summed E-state index contributed by atoms with van der Waals surface area (Å²) in [5.41, 5.74) is 0.897. The molecular weight excluding hydrogens is 424 g/mol. The summed E-state index contributed by atoms with van der Waals surface area (Å²) in [6.45, 7) is 4.69. The second-order valence-electron chi connectivity index (χ2n) is 8.70. The zero-order valence-corrected chi connectivity index (χ0v) is 21.0. The Hall–Kier alpha value is -1.55. The molecule has 0 heterocycles. The zero-order valence-electron chi connectivity index (χ0n) is 20.3. The third-order valence-corrected chi connectivity index (χ3v) is 6.06. The highest BCUT2D eigenvalue weighted by molar-refractivity contribution is 6.31. The van der Waals surface area contributed by atoms with Crippen LogP contribution >= 0.6 is 11.6 Å². The molecule has 0 amide bonds.